The zero-order chi connectivity index (χ0) is 70.9. The molecule has 0 aliphatic heterocycles. The summed E-state index contributed by atoms with van der Waals surface area (Å²) < 4.78 is 1.78. The van der Waals surface area contributed by atoms with Crippen LogP contribution in [0.3, 0.4) is 0 Å². The van der Waals surface area contributed by atoms with Gasteiger partial charge in [-0.25, -0.2) is 24.5 Å². The maximum absolute atomic E-state index is 13.5. The number of carboxylic acid groups (broad SMARTS) is 3. The van der Waals surface area contributed by atoms with Crippen LogP contribution in [0.1, 0.15) is 212 Å². The number of halogens is 1. The second kappa shape index (κ2) is 31.0. The highest BCUT2D eigenvalue weighted by Crippen LogP contribution is 2.58. The molecule has 11 N–H and O–H groups in total. The molecule has 4 aromatic rings. The van der Waals surface area contributed by atoms with Gasteiger partial charge in [-0.05, 0) is 246 Å². The Balaban J connectivity index is 0.000000161. The van der Waals surface area contributed by atoms with Crippen molar-refractivity contribution >= 4 is 58.9 Å². The first kappa shape index (κ1) is 75.4. The van der Waals surface area contributed by atoms with Crippen LogP contribution in [0, 0.1) is 87.8 Å². The van der Waals surface area contributed by atoms with E-state index in [1.807, 2.05) is 55.6 Å². The van der Waals surface area contributed by atoms with E-state index in [4.69, 9.17) is 10.2 Å². The van der Waals surface area contributed by atoms with Crippen LogP contribution in [0.15, 0.2) is 107 Å². The summed E-state index contributed by atoms with van der Waals surface area (Å²) >= 11 is 0. The van der Waals surface area contributed by atoms with E-state index in [0.29, 0.717) is 64.7 Å². The summed E-state index contributed by atoms with van der Waals surface area (Å²) in [4.78, 5) is 86.8. The van der Waals surface area contributed by atoms with Crippen LogP contribution in [0.2, 0.25) is 0 Å². The maximum Gasteiger partial charge on any atom is 0.335 e. The zero-order valence-electron chi connectivity index (χ0n) is 59.7. The van der Waals surface area contributed by atoms with Gasteiger partial charge in [-0.1, -0.05) is 62.3 Å². The predicted octanol–water partition coefficient (Wildman–Crippen LogP) is 10.0. The highest BCUT2D eigenvalue weighted by atomic mass is 35.5. The summed E-state index contributed by atoms with van der Waals surface area (Å²) in [6.45, 7) is 17.5. The van der Waals surface area contributed by atoms with Gasteiger partial charge in [-0.3, -0.25) is 30.4 Å². The minimum absolute atomic E-state index is 0. The molecule has 0 atom stereocenters. The Morgan fingerprint density at radius 1 is 0.556 bits per heavy atom. The molecule has 0 radical (unpaired) electrons. The molecule has 1 heterocycles. The predicted molar refractivity (Wildman–Crippen MR) is 377 cm³/mol. The molecule has 12 aliphatic carbocycles. The van der Waals surface area contributed by atoms with Crippen LogP contribution in [0.5, 0.6) is 0 Å². The lowest BCUT2D eigenvalue weighted by atomic mass is 9.51. The van der Waals surface area contributed by atoms with E-state index in [-0.39, 0.29) is 81.3 Å². The fourth-order valence-corrected chi connectivity index (χ4v) is 18.8. The van der Waals surface area contributed by atoms with Crippen molar-refractivity contribution in [2.24, 2.45) is 92.9 Å². The largest absolute Gasteiger partial charge is 1.00 e. The van der Waals surface area contributed by atoms with Crippen LogP contribution in [-0.4, -0.2) is 109 Å². The molecule has 21 heteroatoms. The van der Waals surface area contributed by atoms with E-state index in [1.54, 1.807) is 70.5 Å². The number of carbonyl (C=O) groups is 7. The topological polar surface area (TPSA) is 310 Å². The number of allylic oxidation sites excluding steroid dienone is 2. The van der Waals surface area contributed by atoms with Crippen molar-refractivity contribution in [3.63, 3.8) is 0 Å². The van der Waals surface area contributed by atoms with Gasteiger partial charge in [-0.2, -0.15) is 10.2 Å². The molecule has 12 bridgehead atoms. The lowest BCUT2D eigenvalue weighted by molar-refractivity contribution is -0.325. The van der Waals surface area contributed by atoms with Gasteiger partial charge in [0.15, 0.2) is 11.6 Å². The van der Waals surface area contributed by atoms with E-state index in [9.17, 15) is 43.8 Å². The summed E-state index contributed by atoms with van der Waals surface area (Å²) in [7, 11) is 3.71. The Labute approximate surface area is 589 Å². The quantitative estimate of drug-likeness (QED) is 0.0119. The van der Waals surface area contributed by atoms with Crippen LogP contribution in [0.25, 0.3) is 5.69 Å². The molecule has 12 fully saturated rings. The van der Waals surface area contributed by atoms with E-state index in [2.05, 4.69) is 58.3 Å². The highest BCUT2D eigenvalue weighted by molar-refractivity contribution is 6.21. The van der Waals surface area contributed by atoms with Crippen molar-refractivity contribution in [3.8, 4) is 5.69 Å². The van der Waals surface area contributed by atoms with Gasteiger partial charge in [0.05, 0.1) is 68.6 Å². The third-order valence-corrected chi connectivity index (χ3v) is 22.7. The smallest absolute Gasteiger partial charge is 0.335 e. The number of nitrogens with zero attached hydrogens (tertiary/aromatic N) is 4. The molecule has 0 spiro atoms. The van der Waals surface area contributed by atoms with Crippen molar-refractivity contribution < 1.29 is 72.2 Å². The van der Waals surface area contributed by atoms with E-state index < -0.39 is 28.7 Å². The molecule has 20 nitrogen and oxygen atoms in total. The normalized spacial score (nSPS) is 28.3. The number of aromatic nitrogens is 2. The van der Waals surface area contributed by atoms with Crippen molar-refractivity contribution in [1.82, 2.24) is 25.3 Å². The molecule has 3 aromatic carbocycles. The molecule has 0 unspecified atom stereocenters. The van der Waals surface area contributed by atoms with Crippen LogP contribution < -0.4 is 39.7 Å². The molecule has 0 saturated heterocycles. The summed E-state index contributed by atoms with van der Waals surface area (Å²) in [5, 5.41) is 53.0. The second-order valence-corrected chi connectivity index (χ2v) is 33.4. The number of nitrogens with one attached hydrogen (secondary N) is 4. The summed E-state index contributed by atoms with van der Waals surface area (Å²) in [5.74, 6) is 9.72. The third-order valence-electron chi connectivity index (χ3n) is 22.7. The standard InChI is InChI=1S/C26H34N2O4.C25H31N3O3.C20H32N2O2.C7H8N2O2.ClH/c1-26(2,3)24(30)22(14-27-28-20-6-4-17(5-7-20)25(31)32)23(29)13-21-18-9-15-8-16(11-18)12-19(21)10-15;1-25(2,3)22-20(13-26-28(22)19-6-4-16(5-7-19)24(30)31)23(29)27-21-17-9-14-8-15(11-17)12-18(21)10-14;1-20(2,3)18(23)16(11-22(4)5)19(24)21-17-14-7-12-6-13(9-14)10-15(17)8-12;8-9-6-3-1-5(2-4-6)7(10)11;/h4-7,14-16,18-19,21,28,30H,8-13H2,1-3H3,(H,31,32);4-7,13-15,17-18,21H,8-12H2,1-3H3,(H,27,29)(H,30,31);11-15,17H,6-10H2,1-5H3,(H,21,24);1-4,9H,8H2,(H,10,11);1H/b;;16-11-;;. The molecule has 99 heavy (non-hydrogen) atoms. The van der Waals surface area contributed by atoms with Gasteiger partial charge in [0.2, 0.25) is 0 Å². The van der Waals surface area contributed by atoms with Gasteiger partial charge < -0.3 is 48.4 Å². The number of benzene rings is 3. The fourth-order valence-electron chi connectivity index (χ4n) is 18.8. The Morgan fingerprint density at radius 2 is 0.949 bits per heavy atom. The highest BCUT2D eigenvalue weighted by Gasteiger charge is 2.52. The summed E-state index contributed by atoms with van der Waals surface area (Å²) in [6.07, 6.45) is 24.6. The van der Waals surface area contributed by atoms with E-state index >= 15 is 0 Å². The van der Waals surface area contributed by atoms with Gasteiger partial charge in [0, 0.05) is 55.0 Å². The molecular formula is C78H106ClN9O11. The molecule has 1 aromatic heterocycles. The molecule has 2 amide bonds. The number of aromatic carboxylic acids is 3. The number of carboxylic acids is 3. The first-order valence-electron chi connectivity index (χ1n) is 35.6. The van der Waals surface area contributed by atoms with Crippen molar-refractivity contribution in [2.45, 2.75) is 183 Å². The Bertz CT molecular complexity index is 3600. The second-order valence-electron chi connectivity index (χ2n) is 33.4. The summed E-state index contributed by atoms with van der Waals surface area (Å²) in [5.41, 5.74) is 8.94. The number of rotatable bonds is 17. The number of aliphatic hydroxyl groups is 1. The van der Waals surface area contributed by atoms with Crippen molar-refractivity contribution in [3.05, 3.63) is 130 Å². The number of hydrazone groups is 1. The van der Waals surface area contributed by atoms with E-state index in [1.165, 1.54) is 127 Å². The lowest BCUT2D eigenvalue weighted by Gasteiger charge is -2.54. The minimum Gasteiger partial charge on any atom is -1.00 e. The number of hydrogen-bond donors (Lipinski definition) is 9. The number of hydrogen-bond acceptors (Lipinski definition) is 13. The van der Waals surface area contributed by atoms with Gasteiger partial charge in [-0.15, -0.1) is 0 Å². The Hall–Kier alpha value is -7.84. The number of ketones is 2. The van der Waals surface area contributed by atoms with E-state index in [0.717, 1.165) is 52.6 Å². The maximum atomic E-state index is 13.5. The average molecular weight is 1380 g/mol. The van der Waals surface area contributed by atoms with Gasteiger partial charge in [0.1, 0.15) is 5.76 Å². The number of aliphatic hydroxyl groups excluding tert-OH is 1. The average Bonchev–Trinajstić information content (AvgIpc) is 0.907. The first-order valence-corrected chi connectivity index (χ1v) is 35.6. The van der Waals surface area contributed by atoms with Crippen LogP contribution >= 0.6 is 0 Å². The number of quaternary nitrogens is 1. The van der Waals surface area contributed by atoms with Crippen LogP contribution in [0.4, 0.5) is 11.4 Å². The Kier molecular flexibility index (Phi) is 23.6. The molecule has 12 saturated carbocycles. The molecule has 536 valence electrons. The SMILES string of the molecule is CC(C)(C)C(O)=C(C=NNc1ccc(C(=O)O)cc1)C(=O)CC1C2CC3CC(C2)CC1C3.CC(C)(C)c1c(C(=O)NC2C3CC4CC(C3)CC2C4)cnn1-c1ccc(C(=O)O)cc1.CN(C)/C=C(\C(=O)NC1C2CC3CC(C2)CC1C3)C(=O)C(C)(C)C.[Cl-].[NH3+]Nc1ccc(C(=O)O)cc1. The summed E-state index contributed by atoms with van der Waals surface area (Å²) in [6, 6.07) is 19.8. The first-order chi connectivity index (χ1) is 46.2. The number of anilines is 2. The number of Topliss-reactive ketones (excluding diaryl/α,β-unsaturated/α-hetero) is 2. The number of amides is 2. The Morgan fingerprint density at radius 3 is 1.32 bits per heavy atom. The molecule has 16 rings (SSSR count). The lowest BCUT2D eigenvalue weighted by Crippen LogP contribution is -3.00. The van der Waals surface area contributed by atoms with Gasteiger partial charge in [0.25, 0.3) is 11.8 Å². The zero-order valence-corrected chi connectivity index (χ0v) is 60.4. The van der Waals surface area contributed by atoms with Crippen LogP contribution in [-0.2, 0) is 19.8 Å². The van der Waals surface area contributed by atoms with Crippen molar-refractivity contribution in [1.29, 1.82) is 0 Å². The minimum atomic E-state index is -0.990. The van der Waals surface area contributed by atoms with Crippen molar-refractivity contribution in [2.75, 3.05) is 24.9 Å². The molecule has 12 aliphatic rings. The monoisotopic (exact) mass is 1380 g/mol. The fraction of sp³-hybridized carbons (Fsp3) is 0.577. The molecular weight excluding hydrogens is 1270 g/mol. The van der Waals surface area contributed by atoms with Gasteiger partial charge >= 0.3 is 17.9 Å². The number of carbonyl (C=O) groups excluding carboxylic acids is 4. The third kappa shape index (κ3) is 18.0.